The highest BCUT2D eigenvalue weighted by atomic mass is 32.2. The van der Waals surface area contributed by atoms with Gasteiger partial charge in [0.15, 0.2) is 0 Å². The van der Waals surface area contributed by atoms with Crippen LogP contribution in [0.15, 0.2) is 47.4 Å². The van der Waals surface area contributed by atoms with Gasteiger partial charge in [-0.2, -0.15) is 0 Å². The monoisotopic (exact) mass is 387 g/mol. The number of nitrogens with zero attached hydrogens (tertiary/aromatic N) is 3. The quantitative estimate of drug-likeness (QED) is 0.791. The molecule has 0 bridgehead atoms. The minimum absolute atomic E-state index is 0.360. The van der Waals surface area contributed by atoms with E-state index >= 15 is 0 Å². The van der Waals surface area contributed by atoms with Gasteiger partial charge >= 0.3 is 0 Å². The summed E-state index contributed by atoms with van der Waals surface area (Å²) in [6, 6.07) is 13.8. The number of sulfonamides is 1. The van der Waals surface area contributed by atoms with E-state index in [2.05, 4.69) is 41.8 Å². The molecule has 0 spiro atoms. The van der Waals surface area contributed by atoms with E-state index in [1.165, 1.54) is 21.1 Å². The Bertz CT molecular complexity index is 901. The molecule has 27 heavy (non-hydrogen) atoms. The normalized spacial score (nSPS) is 16.1. The Balaban J connectivity index is 1.65. The topological polar surface area (TPSA) is 43.9 Å². The molecule has 1 aliphatic heterocycles. The first-order valence-electron chi connectivity index (χ1n) is 9.34. The average molecular weight is 388 g/mol. The van der Waals surface area contributed by atoms with Crippen LogP contribution in [0.2, 0.25) is 0 Å². The van der Waals surface area contributed by atoms with Crippen molar-refractivity contribution in [2.45, 2.75) is 25.3 Å². The smallest absolute Gasteiger partial charge is 0.242 e. The van der Waals surface area contributed by atoms with Crippen LogP contribution in [0.25, 0.3) is 0 Å². The summed E-state index contributed by atoms with van der Waals surface area (Å²) < 4.78 is 25.9. The number of benzene rings is 2. The Kier molecular flexibility index (Phi) is 5.89. The van der Waals surface area contributed by atoms with Gasteiger partial charge in [-0.3, -0.25) is 4.90 Å². The van der Waals surface area contributed by atoms with Gasteiger partial charge in [-0.05, 0) is 48.7 Å². The Morgan fingerprint density at radius 3 is 2.30 bits per heavy atom. The zero-order chi connectivity index (χ0) is 19.6. The van der Waals surface area contributed by atoms with Gasteiger partial charge in [0.1, 0.15) is 0 Å². The van der Waals surface area contributed by atoms with E-state index in [4.69, 9.17) is 0 Å². The number of aryl methyl sites for hydroxylation is 1. The van der Waals surface area contributed by atoms with Gasteiger partial charge in [-0.15, -0.1) is 0 Å². The molecule has 0 atom stereocenters. The molecule has 1 aliphatic rings. The number of anilines is 1. The fraction of sp³-hybridized carbons (Fsp3) is 0.429. The minimum Gasteiger partial charge on any atom is -0.369 e. The first kappa shape index (κ1) is 19.9. The summed E-state index contributed by atoms with van der Waals surface area (Å²) in [6.07, 6.45) is 0. The predicted molar refractivity (Wildman–Crippen MR) is 111 cm³/mol. The Morgan fingerprint density at radius 1 is 0.963 bits per heavy atom. The van der Waals surface area contributed by atoms with Gasteiger partial charge in [0.25, 0.3) is 0 Å². The molecule has 2 aromatic rings. The maximum Gasteiger partial charge on any atom is 0.242 e. The second-order valence-corrected chi connectivity index (χ2v) is 9.57. The lowest BCUT2D eigenvalue weighted by Gasteiger charge is -2.37. The van der Waals surface area contributed by atoms with E-state index in [0.717, 1.165) is 38.3 Å². The Morgan fingerprint density at radius 2 is 1.63 bits per heavy atom. The summed E-state index contributed by atoms with van der Waals surface area (Å²) in [5, 5.41) is 0. The summed E-state index contributed by atoms with van der Waals surface area (Å²) in [7, 11) is -0.259. The van der Waals surface area contributed by atoms with Crippen molar-refractivity contribution in [1.82, 2.24) is 9.21 Å². The minimum atomic E-state index is -3.39. The van der Waals surface area contributed by atoms with Crippen LogP contribution in [0.3, 0.4) is 0 Å². The summed E-state index contributed by atoms with van der Waals surface area (Å²) in [5.41, 5.74) is 5.05. The third kappa shape index (κ3) is 4.34. The van der Waals surface area contributed by atoms with Gasteiger partial charge in [0.05, 0.1) is 4.90 Å². The van der Waals surface area contributed by atoms with Gasteiger partial charge in [-0.25, -0.2) is 12.7 Å². The van der Waals surface area contributed by atoms with E-state index in [9.17, 15) is 8.42 Å². The summed E-state index contributed by atoms with van der Waals surface area (Å²) >= 11 is 0. The molecule has 1 saturated heterocycles. The van der Waals surface area contributed by atoms with E-state index < -0.39 is 10.0 Å². The standard InChI is InChI=1S/C21H29N3O2S/c1-17-7-5-10-21(18(17)2)24-13-11-23(12-14-24)16-19-8-6-9-20(15-19)27(25,26)22(3)4/h5-10,15H,11-14,16H2,1-4H3. The van der Waals surface area contributed by atoms with Crippen LogP contribution in [0.4, 0.5) is 5.69 Å². The van der Waals surface area contributed by atoms with Gasteiger partial charge in [0, 0.05) is 52.5 Å². The van der Waals surface area contributed by atoms with Crippen LogP contribution in [-0.4, -0.2) is 57.9 Å². The zero-order valence-electron chi connectivity index (χ0n) is 16.6. The average Bonchev–Trinajstić information content (AvgIpc) is 2.65. The molecule has 3 rings (SSSR count). The number of rotatable bonds is 5. The molecule has 5 nitrogen and oxygen atoms in total. The van der Waals surface area contributed by atoms with Crippen molar-refractivity contribution >= 4 is 15.7 Å². The van der Waals surface area contributed by atoms with Crippen LogP contribution in [0, 0.1) is 13.8 Å². The highest BCUT2D eigenvalue weighted by Gasteiger charge is 2.21. The summed E-state index contributed by atoms with van der Waals surface area (Å²) in [6.45, 7) is 9.03. The first-order valence-corrected chi connectivity index (χ1v) is 10.8. The Labute approximate surface area is 163 Å². The second kappa shape index (κ2) is 8.00. The van der Waals surface area contributed by atoms with E-state index in [0.29, 0.717) is 4.90 Å². The van der Waals surface area contributed by atoms with E-state index in [1.54, 1.807) is 26.2 Å². The van der Waals surface area contributed by atoms with Crippen molar-refractivity contribution in [3.8, 4) is 0 Å². The fourth-order valence-electron chi connectivity index (χ4n) is 3.50. The van der Waals surface area contributed by atoms with Gasteiger partial charge in [0.2, 0.25) is 10.0 Å². The maximum atomic E-state index is 12.3. The highest BCUT2D eigenvalue weighted by molar-refractivity contribution is 7.89. The molecule has 0 radical (unpaired) electrons. The predicted octanol–water partition coefficient (Wildman–Crippen LogP) is 2.88. The largest absolute Gasteiger partial charge is 0.369 e. The van der Waals surface area contributed by atoms with Crippen LogP contribution < -0.4 is 4.90 Å². The summed E-state index contributed by atoms with van der Waals surface area (Å²) in [4.78, 5) is 5.20. The lowest BCUT2D eigenvalue weighted by atomic mass is 10.1. The maximum absolute atomic E-state index is 12.3. The molecular formula is C21H29N3O2S. The molecule has 2 aromatic carbocycles. The van der Waals surface area contributed by atoms with E-state index in [1.807, 2.05) is 12.1 Å². The molecule has 1 heterocycles. The van der Waals surface area contributed by atoms with Crippen LogP contribution in [-0.2, 0) is 16.6 Å². The number of hydrogen-bond donors (Lipinski definition) is 0. The third-order valence-corrected chi connectivity index (χ3v) is 7.18. The first-order chi connectivity index (χ1) is 12.8. The van der Waals surface area contributed by atoms with Crippen molar-refractivity contribution in [1.29, 1.82) is 0 Å². The van der Waals surface area contributed by atoms with Crippen LogP contribution >= 0.6 is 0 Å². The summed E-state index contributed by atoms with van der Waals surface area (Å²) in [5.74, 6) is 0. The molecule has 0 amide bonds. The lowest BCUT2D eigenvalue weighted by molar-refractivity contribution is 0.249. The molecule has 0 aliphatic carbocycles. The van der Waals surface area contributed by atoms with Crippen molar-refractivity contribution in [2.75, 3.05) is 45.2 Å². The number of hydrogen-bond acceptors (Lipinski definition) is 4. The molecule has 0 saturated carbocycles. The zero-order valence-corrected chi connectivity index (χ0v) is 17.5. The lowest BCUT2D eigenvalue weighted by Crippen LogP contribution is -2.46. The second-order valence-electron chi connectivity index (χ2n) is 7.42. The van der Waals surface area contributed by atoms with Crippen molar-refractivity contribution in [2.24, 2.45) is 0 Å². The van der Waals surface area contributed by atoms with Crippen molar-refractivity contribution < 1.29 is 8.42 Å². The van der Waals surface area contributed by atoms with Crippen molar-refractivity contribution in [3.05, 3.63) is 59.2 Å². The molecule has 0 unspecified atom stereocenters. The third-order valence-electron chi connectivity index (χ3n) is 5.37. The van der Waals surface area contributed by atoms with Gasteiger partial charge < -0.3 is 4.90 Å². The molecule has 1 fully saturated rings. The molecular weight excluding hydrogens is 358 g/mol. The fourth-order valence-corrected chi connectivity index (χ4v) is 4.47. The van der Waals surface area contributed by atoms with Crippen molar-refractivity contribution in [3.63, 3.8) is 0 Å². The molecule has 146 valence electrons. The van der Waals surface area contributed by atoms with Gasteiger partial charge in [-0.1, -0.05) is 24.3 Å². The number of piperazine rings is 1. The van der Waals surface area contributed by atoms with Crippen LogP contribution in [0.5, 0.6) is 0 Å². The Hall–Kier alpha value is -1.89. The van der Waals surface area contributed by atoms with E-state index in [-0.39, 0.29) is 0 Å². The molecule has 0 N–H and O–H groups in total. The van der Waals surface area contributed by atoms with Crippen LogP contribution in [0.1, 0.15) is 16.7 Å². The molecule has 0 aromatic heterocycles. The SMILES string of the molecule is Cc1cccc(N2CCN(Cc3cccc(S(=O)(=O)N(C)C)c3)CC2)c1C. The highest BCUT2D eigenvalue weighted by Crippen LogP contribution is 2.24. The molecule has 6 heteroatoms.